The first-order chi connectivity index (χ1) is 8.25. The molecule has 0 aliphatic carbocycles. The molecule has 0 bridgehead atoms. The Bertz CT molecular complexity index is 396. The lowest BCUT2D eigenvalue weighted by Gasteiger charge is -2.22. The molecule has 17 heavy (non-hydrogen) atoms. The fourth-order valence-electron chi connectivity index (χ4n) is 1.65. The molecule has 92 valence electrons. The van der Waals surface area contributed by atoms with Gasteiger partial charge in [0.15, 0.2) is 5.82 Å². The van der Waals surface area contributed by atoms with E-state index >= 15 is 0 Å². The van der Waals surface area contributed by atoms with Crippen LogP contribution < -0.4 is 10.6 Å². The van der Waals surface area contributed by atoms with Gasteiger partial charge in [-0.2, -0.15) is 11.8 Å². The van der Waals surface area contributed by atoms with Gasteiger partial charge in [0.2, 0.25) is 5.91 Å². The van der Waals surface area contributed by atoms with Crippen molar-refractivity contribution in [2.24, 2.45) is 0 Å². The van der Waals surface area contributed by atoms with Crippen LogP contribution in [0.25, 0.3) is 0 Å². The Hall–Kier alpha value is -1.14. The smallest absolute Gasteiger partial charge is 0.226 e. The highest BCUT2D eigenvalue weighted by molar-refractivity contribution is 7.99. The Balaban J connectivity index is 1.86. The highest BCUT2D eigenvalue weighted by atomic mass is 32.2. The van der Waals surface area contributed by atoms with Crippen molar-refractivity contribution in [2.45, 2.75) is 12.5 Å². The SMILES string of the molecule is O=C(CC1CSCCN1)Nc1ccncc1F. The van der Waals surface area contributed by atoms with Crippen molar-refractivity contribution in [1.29, 1.82) is 0 Å². The van der Waals surface area contributed by atoms with Crippen molar-refractivity contribution in [1.82, 2.24) is 10.3 Å². The van der Waals surface area contributed by atoms with E-state index < -0.39 is 5.82 Å². The molecule has 4 nitrogen and oxygen atoms in total. The number of carbonyl (C=O) groups excluding carboxylic acids is 1. The standard InChI is InChI=1S/C11H14FN3OS/c12-9-6-13-2-1-10(9)15-11(16)5-8-7-17-4-3-14-8/h1-2,6,8,14H,3-5,7H2,(H,13,15,16). The van der Waals surface area contributed by atoms with E-state index in [-0.39, 0.29) is 17.6 Å². The van der Waals surface area contributed by atoms with Gasteiger partial charge in [-0.25, -0.2) is 4.39 Å². The van der Waals surface area contributed by atoms with Gasteiger partial charge in [0.1, 0.15) is 0 Å². The number of hydrogen-bond acceptors (Lipinski definition) is 4. The van der Waals surface area contributed by atoms with Crippen molar-refractivity contribution in [3.8, 4) is 0 Å². The molecule has 1 unspecified atom stereocenters. The second kappa shape index (κ2) is 5.97. The third kappa shape index (κ3) is 3.67. The zero-order chi connectivity index (χ0) is 12.1. The van der Waals surface area contributed by atoms with E-state index in [0.29, 0.717) is 6.42 Å². The maximum atomic E-state index is 13.2. The minimum absolute atomic E-state index is 0.171. The predicted molar refractivity (Wildman–Crippen MR) is 66.6 cm³/mol. The topological polar surface area (TPSA) is 54.0 Å². The van der Waals surface area contributed by atoms with Crippen LogP contribution in [0.4, 0.5) is 10.1 Å². The van der Waals surface area contributed by atoms with Gasteiger partial charge in [-0.1, -0.05) is 0 Å². The molecular weight excluding hydrogens is 241 g/mol. The molecule has 1 aromatic heterocycles. The van der Waals surface area contributed by atoms with E-state index in [1.54, 1.807) is 0 Å². The normalized spacial score (nSPS) is 19.9. The Morgan fingerprint density at radius 1 is 1.71 bits per heavy atom. The minimum atomic E-state index is -0.508. The minimum Gasteiger partial charge on any atom is -0.323 e. The quantitative estimate of drug-likeness (QED) is 0.853. The molecule has 1 aromatic rings. The van der Waals surface area contributed by atoms with Gasteiger partial charge in [-0.3, -0.25) is 9.78 Å². The molecule has 1 amide bonds. The van der Waals surface area contributed by atoms with E-state index in [9.17, 15) is 9.18 Å². The Kier molecular flexibility index (Phi) is 4.33. The third-order valence-electron chi connectivity index (χ3n) is 2.48. The molecule has 0 spiro atoms. The molecule has 0 saturated carbocycles. The van der Waals surface area contributed by atoms with Gasteiger partial charge < -0.3 is 10.6 Å². The van der Waals surface area contributed by atoms with Crippen LogP contribution >= 0.6 is 11.8 Å². The van der Waals surface area contributed by atoms with E-state index in [0.717, 1.165) is 24.2 Å². The van der Waals surface area contributed by atoms with Crippen LogP contribution in [0.15, 0.2) is 18.5 Å². The first-order valence-corrected chi connectivity index (χ1v) is 6.61. The summed E-state index contributed by atoms with van der Waals surface area (Å²) in [5.41, 5.74) is 0.188. The first-order valence-electron chi connectivity index (χ1n) is 5.46. The maximum Gasteiger partial charge on any atom is 0.226 e. The number of nitrogens with zero attached hydrogens (tertiary/aromatic N) is 1. The number of thioether (sulfide) groups is 1. The molecule has 6 heteroatoms. The number of anilines is 1. The van der Waals surface area contributed by atoms with E-state index in [2.05, 4.69) is 15.6 Å². The van der Waals surface area contributed by atoms with Crippen LogP contribution in [0, 0.1) is 5.82 Å². The van der Waals surface area contributed by atoms with Crippen LogP contribution in [-0.4, -0.2) is 35.0 Å². The predicted octanol–water partition coefficient (Wildman–Crippen LogP) is 1.25. The number of carbonyl (C=O) groups is 1. The molecule has 1 fully saturated rings. The highest BCUT2D eigenvalue weighted by Gasteiger charge is 2.17. The number of pyridine rings is 1. The molecule has 2 rings (SSSR count). The van der Waals surface area contributed by atoms with Crippen LogP contribution in [0.2, 0.25) is 0 Å². The summed E-state index contributed by atoms with van der Waals surface area (Å²) in [4.78, 5) is 15.3. The molecule has 1 atom stereocenters. The summed E-state index contributed by atoms with van der Waals surface area (Å²) in [5, 5.41) is 5.82. The Morgan fingerprint density at radius 3 is 3.29 bits per heavy atom. The average molecular weight is 255 g/mol. The summed E-state index contributed by atoms with van der Waals surface area (Å²) in [7, 11) is 0. The highest BCUT2D eigenvalue weighted by Crippen LogP contribution is 2.14. The monoisotopic (exact) mass is 255 g/mol. The van der Waals surface area contributed by atoms with Crippen LogP contribution in [0.5, 0.6) is 0 Å². The molecule has 1 saturated heterocycles. The number of rotatable bonds is 3. The van der Waals surface area contributed by atoms with E-state index in [1.807, 2.05) is 11.8 Å². The van der Waals surface area contributed by atoms with Crippen molar-refractivity contribution < 1.29 is 9.18 Å². The van der Waals surface area contributed by atoms with Crippen LogP contribution in [0.3, 0.4) is 0 Å². The first kappa shape index (κ1) is 12.3. The molecule has 1 aliphatic rings. The molecular formula is C11H14FN3OS. The Morgan fingerprint density at radius 2 is 2.59 bits per heavy atom. The number of aromatic nitrogens is 1. The summed E-state index contributed by atoms with van der Waals surface area (Å²) >= 11 is 1.83. The van der Waals surface area contributed by atoms with Gasteiger partial charge in [0.25, 0.3) is 0 Å². The Labute approximate surface area is 103 Å². The number of nitrogens with one attached hydrogen (secondary N) is 2. The summed E-state index contributed by atoms with van der Waals surface area (Å²) < 4.78 is 13.2. The third-order valence-corrected chi connectivity index (χ3v) is 3.61. The molecule has 1 aliphatic heterocycles. The van der Waals surface area contributed by atoms with Crippen molar-refractivity contribution in [3.05, 3.63) is 24.3 Å². The van der Waals surface area contributed by atoms with Gasteiger partial charge in [0, 0.05) is 36.7 Å². The second-order valence-electron chi connectivity index (χ2n) is 3.83. The van der Waals surface area contributed by atoms with Crippen molar-refractivity contribution in [3.63, 3.8) is 0 Å². The lowest BCUT2D eigenvalue weighted by molar-refractivity contribution is -0.116. The van der Waals surface area contributed by atoms with Crippen LogP contribution in [0.1, 0.15) is 6.42 Å². The van der Waals surface area contributed by atoms with Gasteiger partial charge in [-0.05, 0) is 6.07 Å². The van der Waals surface area contributed by atoms with E-state index in [1.165, 1.54) is 12.3 Å². The van der Waals surface area contributed by atoms with Crippen molar-refractivity contribution >= 4 is 23.4 Å². The zero-order valence-electron chi connectivity index (χ0n) is 9.28. The lowest BCUT2D eigenvalue weighted by atomic mass is 10.2. The van der Waals surface area contributed by atoms with Gasteiger partial charge >= 0.3 is 0 Å². The molecule has 2 heterocycles. The van der Waals surface area contributed by atoms with Gasteiger partial charge in [0.05, 0.1) is 11.9 Å². The molecule has 2 N–H and O–H groups in total. The maximum absolute atomic E-state index is 13.2. The number of hydrogen-bond donors (Lipinski definition) is 2. The summed E-state index contributed by atoms with van der Waals surface area (Å²) in [5.74, 6) is 1.32. The summed E-state index contributed by atoms with van der Waals surface area (Å²) in [6.45, 7) is 0.923. The van der Waals surface area contributed by atoms with Gasteiger partial charge in [-0.15, -0.1) is 0 Å². The second-order valence-corrected chi connectivity index (χ2v) is 4.98. The fourth-order valence-corrected chi connectivity index (χ4v) is 2.60. The summed E-state index contributed by atoms with van der Waals surface area (Å²) in [6, 6.07) is 1.63. The molecule has 0 aromatic carbocycles. The average Bonchev–Trinajstić information content (AvgIpc) is 2.33. The largest absolute Gasteiger partial charge is 0.323 e. The van der Waals surface area contributed by atoms with Crippen molar-refractivity contribution in [2.75, 3.05) is 23.4 Å². The van der Waals surface area contributed by atoms with E-state index in [4.69, 9.17) is 0 Å². The fraction of sp³-hybridized carbons (Fsp3) is 0.455. The zero-order valence-corrected chi connectivity index (χ0v) is 10.1. The lowest BCUT2D eigenvalue weighted by Crippen LogP contribution is -2.39. The number of halogens is 1. The summed E-state index contributed by atoms with van der Waals surface area (Å²) in [6.07, 6.45) is 2.91. The molecule has 0 radical (unpaired) electrons. The number of amides is 1. The van der Waals surface area contributed by atoms with Crippen LogP contribution in [-0.2, 0) is 4.79 Å².